The molecule has 2 atom stereocenters. The second-order valence-corrected chi connectivity index (χ2v) is 5.95. The van der Waals surface area contributed by atoms with Gasteiger partial charge in [0.05, 0.1) is 0 Å². The molecular weight excluding hydrogens is 224 g/mol. The van der Waals surface area contributed by atoms with E-state index in [4.69, 9.17) is 0 Å². The van der Waals surface area contributed by atoms with Crippen LogP contribution in [0.4, 0.5) is 0 Å². The monoisotopic (exact) mass is 250 g/mol. The zero-order valence-electron chi connectivity index (χ0n) is 12.1. The summed E-state index contributed by atoms with van der Waals surface area (Å²) in [5.41, 5.74) is 0. The molecule has 102 valence electrons. The molecule has 0 bridgehead atoms. The molecule has 0 radical (unpaired) electrons. The zero-order chi connectivity index (χ0) is 13.1. The minimum atomic E-state index is 0.414. The standard InChI is InChI=1S/C14H26N4/c1-10(2)14-16-13(18(4)17-14)8-11(3)12-6-5-7-15-9-12/h10-12,15H,5-9H2,1-4H3. The van der Waals surface area contributed by atoms with Crippen molar-refractivity contribution in [3.05, 3.63) is 11.6 Å². The Hall–Kier alpha value is -0.900. The molecule has 1 aromatic rings. The number of hydrogen-bond donors (Lipinski definition) is 1. The Morgan fingerprint density at radius 3 is 2.72 bits per heavy atom. The van der Waals surface area contributed by atoms with Crippen LogP contribution in [0.15, 0.2) is 0 Å². The number of piperidine rings is 1. The molecule has 1 aliphatic rings. The van der Waals surface area contributed by atoms with Crippen molar-refractivity contribution in [2.75, 3.05) is 13.1 Å². The molecule has 0 aromatic carbocycles. The van der Waals surface area contributed by atoms with Gasteiger partial charge >= 0.3 is 0 Å². The summed E-state index contributed by atoms with van der Waals surface area (Å²) in [6.07, 6.45) is 3.71. The van der Waals surface area contributed by atoms with E-state index < -0.39 is 0 Å². The fourth-order valence-electron chi connectivity index (χ4n) is 2.68. The molecule has 4 nitrogen and oxygen atoms in total. The van der Waals surface area contributed by atoms with Gasteiger partial charge < -0.3 is 5.32 Å². The van der Waals surface area contributed by atoms with Crippen molar-refractivity contribution in [3.63, 3.8) is 0 Å². The second kappa shape index (κ2) is 5.83. The van der Waals surface area contributed by atoms with E-state index in [0.717, 1.165) is 30.5 Å². The maximum Gasteiger partial charge on any atom is 0.153 e. The van der Waals surface area contributed by atoms with Gasteiger partial charge in [-0.15, -0.1) is 0 Å². The zero-order valence-corrected chi connectivity index (χ0v) is 12.1. The Morgan fingerprint density at radius 1 is 1.39 bits per heavy atom. The third kappa shape index (κ3) is 3.10. The lowest BCUT2D eigenvalue weighted by molar-refractivity contribution is 0.274. The molecule has 0 amide bonds. The lowest BCUT2D eigenvalue weighted by Crippen LogP contribution is -2.34. The van der Waals surface area contributed by atoms with Crippen LogP contribution in [0.1, 0.15) is 51.2 Å². The van der Waals surface area contributed by atoms with Crippen LogP contribution in [0.25, 0.3) is 0 Å². The van der Waals surface area contributed by atoms with Crippen molar-refractivity contribution in [2.24, 2.45) is 18.9 Å². The Balaban J connectivity index is 1.99. The van der Waals surface area contributed by atoms with E-state index in [1.165, 1.54) is 19.4 Å². The first-order chi connectivity index (χ1) is 8.58. The van der Waals surface area contributed by atoms with Crippen LogP contribution in [0.2, 0.25) is 0 Å². The van der Waals surface area contributed by atoms with E-state index in [1.807, 2.05) is 11.7 Å². The van der Waals surface area contributed by atoms with Gasteiger partial charge in [-0.25, -0.2) is 4.98 Å². The summed E-state index contributed by atoms with van der Waals surface area (Å²) in [7, 11) is 2.01. The Morgan fingerprint density at radius 2 is 2.17 bits per heavy atom. The molecule has 0 saturated carbocycles. The van der Waals surface area contributed by atoms with Crippen LogP contribution in [0, 0.1) is 11.8 Å². The summed E-state index contributed by atoms with van der Waals surface area (Å²) in [6, 6.07) is 0. The molecular formula is C14H26N4. The first kappa shape index (κ1) is 13.5. The van der Waals surface area contributed by atoms with Crippen molar-refractivity contribution >= 4 is 0 Å². The lowest BCUT2D eigenvalue weighted by Gasteiger charge is -2.28. The van der Waals surface area contributed by atoms with Crippen molar-refractivity contribution < 1.29 is 0 Å². The minimum absolute atomic E-state index is 0.414. The number of nitrogens with one attached hydrogen (secondary N) is 1. The highest BCUT2D eigenvalue weighted by molar-refractivity contribution is 4.98. The minimum Gasteiger partial charge on any atom is -0.316 e. The summed E-state index contributed by atoms with van der Waals surface area (Å²) >= 11 is 0. The number of nitrogens with zero attached hydrogens (tertiary/aromatic N) is 3. The Bertz CT molecular complexity index is 377. The number of aryl methyl sites for hydroxylation is 1. The van der Waals surface area contributed by atoms with Gasteiger partial charge in [-0.3, -0.25) is 4.68 Å². The van der Waals surface area contributed by atoms with Crippen molar-refractivity contribution in [2.45, 2.75) is 46.0 Å². The maximum atomic E-state index is 4.68. The summed E-state index contributed by atoms with van der Waals surface area (Å²) in [6.45, 7) is 8.99. The Labute approximate surface area is 110 Å². The normalized spacial score (nSPS) is 22.4. The maximum absolute atomic E-state index is 4.68. The van der Waals surface area contributed by atoms with Gasteiger partial charge in [0.15, 0.2) is 5.82 Å². The fourth-order valence-corrected chi connectivity index (χ4v) is 2.68. The topological polar surface area (TPSA) is 42.7 Å². The first-order valence-electron chi connectivity index (χ1n) is 7.18. The van der Waals surface area contributed by atoms with Gasteiger partial charge in [-0.05, 0) is 37.8 Å². The number of hydrogen-bond acceptors (Lipinski definition) is 3. The smallest absolute Gasteiger partial charge is 0.153 e. The molecule has 2 unspecified atom stereocenters. The molecule has 1 N–H and O–H groups in total. The number of aromatic nitrogens is 3. The molecule has 2 heterocycles. The quantitative estimate of drug-likeness (QED) is 0.890. The molecule has 0 spiro atoms. The van der Waals surface area contributed by atoms with Gasteiger partial charge in [-0.2, -0.15) is 5.10 Å². The molecule has 1 aromatic heterocycles. The fraction of sp³-hybridized carbons (Fsp3) is 0.857. The summed E-state index contributed by atoms with van der Waals surface area (Å²) < 4.78 is 1.96. The highest BCUT2D eigenvalue weighted by Gasteiger charge is 2.22. The van der Waals surface area contributed by atoms with Gasteiger partial charge in [0.2, 0.25) is 0 Å². The van der Waals surface area contributed by atoms with E-state index in [1.54, 1.807) is 0 Å². The van der Waals surface area contributed by atoms with Crippen LogP contribution >= 0.6 is 0 Å². The van der Waals surface area contributed by atoms with E-state index in [0.29, 0.717) is 11.8 Å². The average Bonchev–Trinajstić information content (AvgIpc) is 2.72. The van der Waals surface area contributed by atoms with Crippen LogP contribution in [-0.4, -0.2) is 27.9 Å². The lowest BCUT2D eigenvalue weighted by atomic mass is 9.85. The summed E-state index contributed by atoms with van der Waals surface area (Å²) in [5.74, 6) is 3.99. The second-order valence-electron chi connectivity index (χ2n) is 5.95. The highest BCUT2D eigenvalue weighted by Crippen LogP contribution is 2.23. The van der Waals surface area contributed by atoms with Crippen LogP contribution in [0.3, 0.4) is 0 Å². The summed E-state index contributed by atoms with van der Waals surface area (Å²) in [4.78, 5) is 4.68. The van der Waals surface area contributed by atoms with Gasteiger partial charge in [0.25, 0.3) is 0 Å². The largest absolute Gasteiger partial charge is 0.316 e. The molecule has 18 heavy (non-hydrogen) atoms. The van der Waals surface area contributed by atoms with Crippen LogP contribution in [0.5, 0.6) is 0 Å². The molecule has 0 aliphatic carbocycles. The van der Waals surface area contributed by atoms with Crippen molar-refractivity contribution in [1.29, 1.82) is 0 Å². The van der Waals surface area contributed by atoms with E-state index in [2.05, 4.69) is 36.2 Å². The summed E-state index contributed by atoms with van der Waals surface area (Å²) in [5, 5.41) is 7.99. The van der Waals surface area contributed by atoms with E-state index in [9.17, 15) is 0 Å². The van der Waals surface area contributed by atoms with Crippen molar-refractivity contribution in [1.82, 2.24) is 20.1 Å². The molecule has 1 saturated heterocycles. The number of rotatable bonds is 4. The third-order valence-corrected chi connectivity index (χ3v) is 4.03. The molecule has 1 aliphatic heterocycles. The molecule has 4 heteroatoms. The predicted octanol–water partition coefficient (Wildman–Crippen LogP) is 2.12. The third-order valence-electron chi connectivity index (χ3n) is 4.03. The molecule has 1 fully saturated rings. The van der Waals surface area contributed by atoms with E-state index >= 15 is 0 Å². The highest BCUT2D eigenvalue weighted by atomic mass is 15.3. The average molecular weight is 250 g/mol. The van der Waals surface area contributed by atoms with Crippen molar-refractivity contribution in [3.8, 4) is 0 Å². The van der Waals surface area contributed by atoms with Gasteiger partial charge in [0.1, 0.15) is 5.82 Å². The van der Waals surface area contributed by atoms with E-state index in [-0.39, 0.29) is 0 Å². The molecule has 2 rings (SSSR count). The van der Waals surface area contributed by atoms with Crippen LogP contribution in [-0.2, 0) is 13.5 Å². The Kier molecular flexibility index (Phi) is 4.38. The van der Waals surface area contributed by atoms with Crippen LogP contribution < -0.4 is 5.32 Å². The SMILES string of the molecule is CC(C)c1nc(CC(C)C2CCCNC2)n(C)n1. The predicted molar refractivity (Wildman–Crippen MR) is 73.6 cm³/mol. The van der Waals surface area contributed by atoms with Gasteiger partial charge in [0, 0.05) is 19.4 Å². The van der Waals surface area contributed by atoms with Gasteiger partial charge in [-0.1, -0.05) is 20.8 Å². The first-order valence-corrected chi connectivity index (χ1v) is 7.18.